The second kappa shape index (κ2) is 12.8. The first-order chi connectivity index (χ1) is 29.1. The van der Waals surface area contributed by atoms with Crippen molar-refractivity contribution in [2.24, 2.45) is 0 Å². The van der Waals surface area contributed by atoms with E-state index in [0.717, 1.165) is 44.3 Å². The highest BCUT2D eigenvalue weighted by molar-refractivity contribution is 6.34. The SMILES string of the molecule is [C-]#[N+]c1ccc2c(c1)c1cc3c(cc1c1ccc(N(c4ccccc4)c4ccccc4)cc21)c1cc(C)ccc1c1cc2c(cc31)c1ccccc1n2-c1ccccc1. The molecule has 0 aliphatic heterocycles. The van der Waals surface area contributed by atoms with E-state index in [1.165, 1.54) is 70.5 Å². The number of aromatic nitrogens is 1. The largest absolute Gasteiger partial charge is 0.310 e. The Bertz CT molecular complexity index is 3690. The third-order valence-electron chi connectivity index (χ3n) is 12.3. The van der Waals surface area contributed by atoms with E-state index in [1.54, 1.807) is 0 Å². The molecule has 0 spiro atoms. The predicted octanol–water partition coefficient (Wildman–Crippen LogP) is 16.0. The van der Waals surface area contributed by atoms with Gasteiger partial charge in [0, 0.05) is 33.5 Å². The summed E-state index contributed by atoms with van der Waals surface area (Å²) < 4.78 is 2.41. The van der Waals surface area contributed by atoms with Gasteiger partial charge in [-0.05, 0) is 156 Å². The third kappa shape index (κ3) is 5.00. The van der Waals surface area contributed by atoms with E-state index in [2.05, 4.69) is 209 Å². The highest BCUT2D eigenvalue weighted by atomic mass is 15.1. The van der Waals surface area contributed by atoms with Crippen LogP contribution in [0.4, 0.5) is 22.7 Å². The van der Waals surface area contributed by atoms with Gasteiger partial charge in [0.05, 0.1) is 17.6 Å². The molecule has 59 heavy (non-hydrogen) atoms. The number of anilines is 3. The molecule has 0 unspecified atom stereocenters. The number of para-hydroxylation sites is 4. The molecule has 3 nitrogen and oxygen atoms in total. The smallest absolute Gasteiger partial charge is 0.187 e. The van der Waals surface area contributed by atoms with E-state index >= 15 is 0 Å². The van der Waals surface area contributed by atoms with E-state index in [9.17, 15) is 0 Å². The van der Waals surface area contributed by atoms with Gasteiger partial charge < -0.3 is 9.47 Å². The Balaban J connectivity index is 1.22. The standard InChI is InChI=1S/C56H35N3/c1-35-22-25-41-45(28-35)49-31-48-43-27-24-40(58(37-14-6-3-7-15-37)38-16-8-4-9-17-38)30-47(43)42-26-23-36(57-2)29-46(42)50(48)32-51(49)52-33-54-44-20-12-13-21-55(44)59(56(54)34-53(41)52)39-18-10-5-11-19-39/h3-34H,1H3. The summed E-state index contributed by atoms with van der Waals surface area (Å²) >= 11 is 0. The van der Waals surface area contributed by atoms with Gasteiger partial charge in [-0.3, -0.25) is 0 Å². The minimum absolute atomic E-state index is 0.638. The van der Waals surface area contributed by atoms with Crippen LogP contribution in [0.5, 0.6) is 0 Å². The van der Waals surface area contributed by atoms with Crippen molar-refractivity contribution in [3.05, 3.63) is 211 Å². The fourth-order valence-electron chi connectivity index (χ4n) is 9.71. The molecule has 0 N–H and O–H groups in total. The highest BCUT2D eigenvalue weighted by Crippen LogP contribution is 2.46. The second-order valence-corrected chi connectivity index (χ2v) is 15.7. The lowest BCUT2D eigenvalue weighted by Gasteiger charge is -2.26. The summed E-state index contributed by atoms with van der Waals surface area (Å²) in [6.45, 7) is 10.2. The van der Waals surface area contributed by atoms with Crippen molar-refractivity contribution in [2.45, 2.75) is 6.92 Å². The van der Waals surface area contributed by atoms with Crippen LogP contribution in [-0.2, 0) is 0 Å². The van der Waals surface area contributed by atoms with Crippen LogP contribution in [0, 0.1) is 13.5 Å². The zero-order valence-electron chi connectivity index (χ0n) is 32.3. The molecule has 0 aliphatic carbocycles. The number of nitrogens with zero attached hydrogens (tertiary/aromatic N) is 3. The zero-order chi connectivity index (χ0) is 39.2. The van der Waals surface area contributed by atoms with E-state index in [1.807, 2.05) is 6.07 Å². The first-order valence-electron chi connectivity index (χ1n) is 20.1. The normalized spacial score (nSPS) is 11.8. The average Bonchev–Trinajstić information content (AvgIpc) is 3.62. The molecule has 12 rings (SSSR count). The second-order valence-electron chi connectivity index (χ2n) is 15.7. The summed E-state index contributed by atoms with van der Waals surface area (Å²) in [5.41, 5.74) is 8.68. The molecule has 1 heterocycles. The van der Waals surface area contributed by atoms with Crippen LogP contribution in [0.2, 0.25) is 0 Å². The van der Waals surface area contributed by atoms with Crippen molar-refractivity contribution in [1.29, 1.82) is 0 Å². The number of fused-ring (bicyclic) bond motifs is 15. The molecule has 1 aromatic heterocycles. The van der Waals surface area contributed by atoms with E-state index in [-0.39, 0.29) is 0 Å². The van der Waals surface area contributed by atoms with Crippen molar-refractivity contribution < 1.29 is 0 Å². The van der Waals surface area contributed by atoms with Crippen LogP contribution in [0.1, 0.15) is 5.56 Å². The highest BCUT2D eigenvalue weighted by Gasteiger charge is 2.20. The van der Waals surface area contributed by atoms with Crippen LogP contribution >= 0.6 is 0 Å². The number of benzene rings is 11. The van der Waals surface area contributed by atoms with Crippen molar-refractivity contribution in [1.82, 2.24) is 4.57 Å². The molecule has 3 heteroatoms. The molecule has 0 saturated heterocycles. The molecule has 0 atom stereocenters. The average molecular weight is 750 g/mol. The minimum Gasteiger partial charge on any atom is -0.310 e. The number of hydrogen-bond donors (Lipinski definition) is 0. The lowest BCUT2D eigenvalue weighted by Crippen LogP contribution is -2.09. The molecule has 0 aliphatic rings. The first-order valence-corrected chi connectivity index (χ1v) is 20.1. The lowest BCUT2D eigenvalue weighted by atomic mass is 9.87. The Morgan fingerprint density at radius 3 is 1.51 bits per heavy atom. The summed E-state index contributed by atoms with van der Waals surface area (Å²) in [6.07, 6.45) is 0. The van der Waals surface area contributed by atoms with Crippen molar-refractivity contribution >= 4 is 109 Å². The van der Waals surface area contributed by atoms with Gasteiger partial charge in [-0.15, -0.1) is 0 Å². The summed E-state index contributed by atoms with van der Waals surface area (Å²) in [7, 11) is 0. The molecule has 274 valence electrons. The molecule has 12 aromatic rings. The Morgan fingerprint density at radius 1 is 0.356 bits per heavy atom. The molecule has 0 bridgehead atoms. The van der Waals surface area contributed by atoms with Gasteiger partial charge in [0.1, 0.15) is 0 Å². The summed E-state index contributed by atoms with van der Waals surface area (Å²) in [5, 5.41) is 16.8. The predicted molar refractivity (Wildman–Crippen MR) is 251 cm³/mol. The fraction of sp³-hybridized carbons (Fsp3) is 0.0179. The Hall–Kier alpha value is -7.93. The van der Waals surface area contributed by atoms with Crippen LogP contribution in [0.15, 0.2) is 194 Å². The molecule has 0 saturated carbocycles. The molecule has 0 amide bonds. The van der Waals surface area contributed by atoms with Gasteiger partial charge in [0.15, 0.2) is 5.69 Å². The van der Waals surface area contributed by atoms with Crippen molar-refractivity contribution in [3.63, 3.8) is 0 Å². The topological polar surface area (TPSA) is 12.5 Å². The molecule has 0 fully saturated rings. The van der Waals surface area contributed by atoms with E-state index in [4.69, 9.17) is 6.57 Å². The lowest BCUT2D eigenvalue weighted by molar-refractivity contribution is 1.18. The Kier molecular flexibility index (Phi) is 7.21. The van der Waals surface area contributed by atoms with Gasteiger partial charge in [0.2, 0.25) is 0 Å². The quantitative estimate of drug-likeness (QED) is 0.0992. The van der Waals surface area contributed by atoms with Gasteiger partial charge >= 0.3 is 0 Å². The monoisotopic (exact) mass is 749 g/mol. The fourth-order valence-corrected chi connectivity index (χ4v) is 9.71. The van der Waals surface area contributed by atoms with Crippen LogP contribution in [0.3, 0.4) is 0 Å². The number of aryl methyl sites for hydroxylation is 1. The first kappa shape index (κ1) is 33.2. The Labute approximate surface area is 341 Å². The maximum absolute atomic E-state index is 8.04. The van der Waals surface area contributed by atoms with Gasteiger partial charge in [-0.25, -0.2) is 4.85 Å². The maximum Gasteiger partial charge on any atom is 0.187 e. The minimum atomic E-state index is 0.638. The molecule has 11 aromatic carbocycles. The number of rotatable bonds is 4. The molecular formula is C56H35N3. The van der Waals surface area contributed by atoms with Crippen LogP contribution in [-0.4, -0.2) is 4.57 Å². The molecular weight excluding hydrogens is 715 g/mol. The molecule has 0 radical (unpaired) electrons. The Morgan fingerprint density at radius 2 is 0.847 bits per heavy atom. The summed E-state index contributed by atoms with van der Waals surface area (Å²) in [5.74, 6) is 0. The number of hydrogen-bond acceptors (Lipinski definition) is 1. The van der Waals surface area contributed by atoms with Gasteiger partial charge in [-0.1, -0.05) is 115 Å². The maximum atomic E-state index is 8.04. The van der Waals surface area contributed by atoms with E-state index < -0.39 is 0 Å². The van der Waals surface area contributed by atoms with Crippen molar-refractivity contribution in [3.8, 4) is 5.69 Å². The van der Waals surface area contributed by atoms with Gasteiger partial charge in [-0.2, -0.15) is 0 Å². The zero-order valence-corrected chi connectivity index (χ0v) is 32.3. The van der Waals surface area contributed by atoms with Crippen LogP contribution < -0.4 is 4.90 Å². The third-order valence-corrected chi connectivity index (χ3v) is 12.3. The summed E-state index contributed by atoms with van der Waals surface area (Å²) in [6, 6.07) is 70.3. The van der Waals surface area contributed by atoms with E-state index in [0.29, 0.717) is 5.69 Å². The van der Waals surface area contributed by atoms with Gasteiger partial charge in [0.25, 0.3) is 0 Å². The van der Waals surface area contributed by atoms with Crippen LogP contribution in [0.25, 0.3) is 97.0 Å². The van der Waals surface area contributed by atoms with Crippen molar-refractivity contribution in [2.75, 3.05) is 4.90 Å². The summed E-state index contributed by atoms with van der Waals surface area (Å²) in [4.78, 5) is 6.25.